The number of hydrogen-bond donors (Lipinski definition) is 4. The van der Waals surface area contributed by atoms with Gasteiger partial charge in [-0.1, -0.05) is 5.16 Å². The molecule has 104 valence electrons. The zero-order valence-corrected chi connectivity index (χ0v) is 10.5. The maximum Gasteiger partial charge on any atom is 0.258 e. The first kappa shape index (κ1) is 13.3. The van der Waals surface area contributed by atoms with Crippen molar-refractivity contribution < 1.29 is 10.0 Å². The summed E-state index contributed by atoms with van der Waals surface area (Å²) in [4.78, 5) is 25.4. The summed E-state index contributed by atoms with van der Waals surface area (Å²) in [7, 11) is 1.59. The second kappa shape index (κ2) is 5.26. The Kier molecular flexibility index (Phi) is 3.51. The van der Waals surface area contributed by atoms with E-state index >= 15 is 0 Å². The molecule has 9 heteroatoms. The number of oxime groups is 1. The van der Waals surface area contributed by atoms with Crippen LogP contribution in [0.1, 0.15) is 15.9 Å². The first-order chi connectivity index (χ1) is 9.52. The van der Waals surface area contributed by atoms with Crippen molar-refractivity contribution >= 4 is 17.6 Å². The number of aromatic nitrogens is 3. The van der Waals surface area contributed by atoms with Crippen LogP contribution in [0.3, 0.4) is 0 Å². The van der Waals surface area contributed by atoms with E-state index in [9.17, 15) is 9.59 Å². The third-order valence-corrected chi connectivity index (χ3v) is 2.60. The molecule has 0 bridgehead atoms. The molecular formula is C11H12N6O3. The predicted octanol–water partition coefficient (Wildman–Crippen LogP) is -0.545. The molecule has 5 N–H and O–H groups in total. The van der Waals surface area contributed by atoms with Crippen molar-refractivity contribution in [1.82, 2.24) is 14.8 Å². The van der Waals surface area contributed by atoms with E-state index in [1.165, 1.54) is 29.2 Å². The summed E-state index contributed by atoms with van der Waals surface area (Å²) >= 11 is 0. The molecule has 2 rings (SSSR count). The molecule has 2 aromatic rings. The third kappa shape index (κ3) is 2.51. The van der Waals surface area contributed by atoms with Crippen LogP contribution in [-0.2, 0) is 7.05 Å². The van der Waals surface area contributed by atoms with Crippen LogP contribution >= 0.6 is 0 Å². The molecule has 0 aliphatic carbocycles. The highest BCUT2D eigenvalue weighted by Gasteiger charge is 2.16. The lowest BCUT2D eigenvalue weighted by Gasteiger charge is -2.07. The van der Waals surface area contributed by atoms with E-state index in [1.54, 1.807) is 7.05 Å². The van der Waals surface area contributed by atoms with Gasteiger partial charge in [-0.25, -0.2) is 0 Å². The average molecular weight is 276 g/mol. The molecule has 1 amide bonds. The first-order valence-electron chi connectivity index (χ1n) is 5.53. The number of H-pyrrole nitrogens is 1. The smallest absolute Gasteiger partial charge is 0.258 e. The Hall–Kier alpha value is -3.10. The fraction of sp³-hybridized carbons (Fsp3) is 0.0909. The number of nitrogens with one attached hydrogen (secondary N) is 2. The molecular weight excluding hydrogens is 264 g/mol. The topological polar surface area (TPSA) is 138 Å². The summed E-state index contributed by atoms with van der Waals surface area (Å²) in [5.41, 5.74) is 5.73. The highest BCUT2D eigenvalue weighted by atomic mass is 16.4. The highest BCUT2D eigenvalue weighted by Crippen LogP contribution is 2.14. The monoisotopic (exact) mass is 276 g/mol. The summed E-state index contributed by atoms with van der Waals surface area (Å²) in [6.45, 7) is 0. The lowest BCUT2D eigenvalue weighted by Crippen LogP contribution is -2.20. The Labute approximate surface area is 112 Å². The fourth-order valence-electron chi connectivity index (χ4n) is 1.56. The minimum absolute atomic E-state index is 0.171. The largest absolute Gasteiger partial charge is 0.409 e. The quantitative estimate of drug-likeness (QED) is 0.258. The van der Waals surface area contributed by atoms with Crippen LogP contribution in [0, 0.1) is 0 Å². The molecule has 0 aliphatic rings. The minimum atomic E-state index is -0.461. The second-order valence-electron chi connectivity index (χ2n) is 3.91. The maximum atomic E-state index is 12.0. The van der Waals surface area contributed by atoms with Gasteiger partial charge in [-0.15, -0.1) is 0 Å². The summed E-state index contributed by atoms with van der Waals surface area (Å²) in [6.07, 6.45) is 2.65. The molecule has 0 aromatic carbocycles. The van der Waals surface area contributed by atoms with Gasteiger partial charge in [-0.05, 0) is 6.07 Å². The van der Waals surface area contributed by atoms with Crippen molar-refractivity contribution in [3.05, 3.63) is 46.0 Å². The van der Waals surface area contributed by atoms with Crippen LogP contribution in [0.15, 0.2) is 34.5 Å². The number of rotatable bonds is 3. The van der Waals surface area contributed by atoms with E-state index in [4.69, 9.17) is 10.9 Å². The number of amides is 1. The molecule has 0 aliphatic heterocycles. The van der Waals surface area contributed by atoms with Crippen molar-refractivity contribution in [2.45, 2.75) is 0 Å². The number of nitrogens with zero attached hydrogens (tertiary/aromatic N) is 3. The zero-order chi connectivity index (χ0) is 14.7. The van der Waals surface area contributed by atoms with E-state index in [0.717, 1.165) is 0 Å². The molecule has 9 nitrogen and oxygen atoms in total. The number of carbonyl (C=O) groups is 1. The highest BCUT2D eigenvalue weighted by molar-refractivity contribution is 6.08. The number of pyridine rings is 1. The number of nitrogens with two attached hydrogens (primary N) is 1. The van der Waals surface area contributed by atoms with Crippen LogP contribution in [0.2, 0.25) is 0 Å². The van der Waals surface area contributed by atoms with Crippen LogP contribution in [0.4, 0.5) is 5.82 Å². The van der Waals surface area contributed by atoms with Gasteiger partial charge >= 0.3 is 0 Å². The van der Waals surface area contributed by atoms with Gasteiger partial charge in [0.2, 0.25) is 5.56 Å². The van der Waals surface area contributed by atoms with E-state index in [0.29, 0.717) is 0 Å². The van der Waals surface area contributed by atoms with Gasteiger partial charge in [0, 0.05) is 19.3 Å². The molecule has 0 spiro atoms. The molecule has 2 heterocycles. The van der Waals surface area contributed by atoms with Gasteiger partial charge in [0.1, 0.15) is 5.82 Å². The van der Waals surface area contributed by atoms with E-state index in [1.807, 2.05) is 0 Å². The van der Waals surface area contributed by atoms with Gasteiger partial charge in [0.05, 0.1) is 17.3 Å². The molecule has 0 atom stereocenters. The predicted molar refractivity (Wildman–Crippen MR) is 70.7 cm³/mol. The summed E-state index contributed by atoms with van der Waals surface area (Å²) in [5, 5.41) is 18.0. The first-order valence-corrected chi connectivity index (χ1v) is 5.53. The standard InChI is InChI=1S/C11H12N6O3/c1-17-10(7(5-14-17)9(12)16-20)15-11(19)6-2-3-8(18)13-4-6/h2-5,20H,1H3,(H2,12,16)(H,13,18)(H,15,19). The molecule has 0 saturated heterocycles. The van der Waals surface area contributed by atoms with E-state index in [-0.39, 0.29) is 28.3 Å². The lowest BCUT2D eigenvalue weighted by atomic mass is 10.2. The van der Waals surface area contributed by atoms with Crippen molar-refractivity contribution in [2.24, 2.45) is 17.9 Å². The van der Waals surface area contributed by atoms with Gasteiger partial charge in [-0.2, -0.15) is 5.10 Å². The SMILES string of the molecule is Cn1ncc(/C(N)=N/O)c1NC(=O)c1ccc(=O)[nH]c1. The minimum Gasteiger partial charge on any atom is -0.409 e. The van der Waals surface area contributed by atoms with Crippen molar-refractivity contribution in [3.8, 4) is 0 Å². The molecule has 20 heavy (non-hydrogen) atoms. The maximum absolute atomic E-state index is 12.0. The Morgan fingerprint density at radius 1 is 1.55 bits per heavy atom. The molecule has 0 unspecified atom stereocenters. The zero-order valence-electron chi connectivity index (χ0n) is 10.5. The number of aryl methyl sites for hydroxylation is 1. The summed E-state index contributed by atoms with van der Waals surface area (Å²) in [6, 6.07) is 2.62. The molecule has 2 aromatic heterocycles. The average Bonchev–Trinajstić information content (AvgIpc) is 2.80. The van der Waals surface area contributed by atoms with Gasteiger partial charge in [-0.3, -0.25) is 14.3 Å². The van der Waals surface area contributed by atoms with Gasteiger partial charge in [0.25, 0.3) is 5.91 Å². The fourth-order valence-corrected chi connectivity index (χ4v) is 1.56. The molecule has 0 saturated carbocycles. The van der Waals surface area contributed by atoms with E-state index < -0.39 is 5.91 Å². The Bertz CT molecular complexity index is 710. The van der Waals surface area contributed by atoms with Crippen molar-refractivity contribution in [1.29, 1.82) is 0 Å². The normalized spacial score (nSPS) is 11.3. The Balaban J connectivity index is 2.30. The van der Waals surface area contributed by atoms with Gasteiger partial charge in [0.15, 0.2) is 5.84 Å². The number of carbonyl (C=O) groups excluding carboxylic acids is 1. The van der Waals surface area contributed by atoms with Crippen molar-refractivity contribution in [2.75, 3.05) is 5.32 Å². The summed E-state index contributed by atoms with van der Waals surface area (Å²) in [5.74, 6) is -0.358. The third-order valence-electron chi connectivity index (χ3n) is 2.60. The Morgan fingerprint density at radius 2 is 2.30 bits per heavy atom. The number of hydrogen-bond acceptors (Lipinski definition) is 5. The number of anilines is 1. The lowest BCUT2D eigenvalue weighted by molar-refractivity contribution is 0.102. The Morgan fingerprint density at radius 3 is 2.90 bits per heavy atom. The molecule has 0 fully saturated rings. The van der Waals surface area contributed by atoms with Gasteiger partial charge < -0.3 is 21.2 Å². The van der Waals surface area contributed by atoms with Crippen molar-refractivity contribution in [3.63, 3.8) is 0 Å². The van der Waals surface area contributed by atoms with Crippen LogP contribution in [-0.4, -0.2) is 31.7 Å². The van der Waals surface area contributed by atoms with E-state index in [2.05, 4.69) is 20.6 Å². The second-order valence-corrected chi connectivity index (χ2v) is 3.91. The summed E-state index contributed by atoms with van der Waals surface area (Å²) < 4.78 is 1.37. The van der Waals surface area contributed by atoms with Crippen LogP contribution in [0.25, 0.3) is 0 Å². The van der Waals surface area contributed by atoms with Crippen LogP contribution in [0.5, 0.6) is 0 Å². The number of aromatic amines is 1. The van der Waals surface area contributed by atoms with Crippen LogP contribution < -0.4 is 16.6 Å². The molecule has 0 radical (unpaired) electrons. The number of amidine groups is 1.